The van der Waals surface area contributed by atoms with E-state index < -0.39 is 0 Å². The van der Waals surface area contributed by atoms with E-state index in [0.717, 1.165) is 35.9 Å². The number of hydrogen-bond acceptors (Lipinski definition) is 3. The van der Waals surface area contributed by atoms with Crippen LogP contribution < -0.4 is 11.1 Å². The third kappa shape index (κ3) is 2.09. The standard InChI is InChI=1S/C13H16N4O/c14-13(4-1-5-13)7-12(18)16-10-3-2-9-8-15-17-11(9)6-10/h2-3,6,8H,1,4-5,7,14H2,(H,15,17)(H,16,18). The van der Waals surface area contributed by atoms with Gasteiger partial charge in [0.15, 0.2) is 0 Å². The molecule has 1 aliphatic carbocycles. The maximum atomic E-state index is 11.9. The van der Waals surface area contributed by atoms with Gasteiger partial charge in [0, 0.05) is 23.0 Å². The second-order valence-electron chi connectivity index (χ2n) is 5.11. The monoisotopic (exact) mass is 244 g/mol. The Balaban J connectivity index is 1.69. The molecule has 0 spiro atoms. The zero-order chi connectivity index (χ0) is 12.6. The van der Waals surface area contributed by atoms with Gasteiger partial charge in [-0.05, 0) is 37.5 Å². The lowest BCUT2D eigenvalue weighted by molar-refractivity contribution is -0.118. The van der Waals surface area contributed by atoms with Crippen molar-refractivity contribution in [2.75, 3.05) is 5.32 Å². The topological polar surface area (TPSA) is 83.8 Å². The number of nitrogens with two attached hydrogens (primary N) is 1. The van der Waals surface area contributed by atoms with Crippen LogP contribution in [-0.4, -0.2) is 21.6 Å². The Bertz CT molecular complexity index is 585. The summed E-state index contributed by atoms with van der Waals surface area (Å²) in [6.45, 7) is 0. The molecule has 1 aromatic carbocycles. The number of amides is 1. The minimum atomic E-state index is -0.276. The Morgan fingerprint density at radius 2 is 2.33 bits per heavy atom. The number of carbonyl (C=O) groups excluding carboxylic acids is 1. The molecule has 0 atom stereocenters. The Morgan fingerprint density at radius 1 is 1.50 bits per heavy atom. The van der Waals surface area contributed by atoms with Gasteiger partial charge in [0.05, 0.1) is 11.7 Å². The van der Waals surface area contributed by atoms with Gasteiger partial charge in [-0.15, -0.1) is 0 Å². The van der Waals surface area contributed by atoms with E-state index >= 15 is 0 Å². The highest BCUT2D eigenvalue weighted by atomic mass is 16.1. The zero-order valence-electron chi connectivity index (χ0n) is 10.1. The number of nitrogens with zero attached hydrogens (tertiary/aromatic N) is 1. The molecule has 3 rings (SSSR count). The maximum absolute atomic E-state index is 11.9. The number of anilines is 1. The molecule has 1 saturated carbocycles. The molecule has 1 heterocycles. The molecule has 1 aliphatic rings. The van der Waals surface area contributed by atoms with Crippen LogP contribution in [0.25, 0.3) is 10.9 Å². The van der Waals surface area contributed by atoms with Gasteiger partial charge in [-0.3, -0.25) is 9.89 Å². The van der Waals surface area contributed by atoms with Gasteiger partial charge in [-0.2, -0.15) is 5.10 Å². The largest absolute Gasteiger partial charge is 0.326 e. The predicted molar refractivity (Wildman–Crippen MR) is 70.1 cm³/mol. The normalized spacial score (nSPS) is 17.4. The highest BCUT2D eigenvalue weighted by Gasteiger charge is 2.34. The minimum absolute atomic E-state index is 0.0175. The van der Waals surface area contributed by atoms with Crippen molar-refractivity contribution in [3.8, 4) is 0 Å². The van der Waals surface area contributed by atoms with E-state index in [1.807, 2.05) is 18.2 Å². The van der Waals surface area contributed by atoms with Crippen molar-refractivity contribution in [1.29, 1.82) is 0 Å². The van der Waals surface area contributed by atoms with Crippen molar-refractivity contribution < 1.29 is 4.79 Å². The van der Waals surface area contributed by atoms with Crippen LogP contribution >= 0.6 is 0 Å². The van der Waals surface area contributed by atoms with E-state index in [1.54, 1.807) is 6.20 Å². The summed E-state index contributed by atoms with van der Waals surface area (Å²) in [7, 11) is 0. The molecule has 1 amide bonds. The van der Waals surface area contributed by atoms with Crippen molar-refractivity contribution >= 4 is 22.5 Å². The first-order valence-corrected chi connectivity index (χ1v) is 6.17. The number of hydrogen-bond donors (Lipinski definition) is 3. The predicted octanol–water partition coefficient (Wildman–Crippen LogP) is 1.77. The molecule has 5 nitrogen and oxygen atoms in total. The average Bonchev–Trinajstić information content (AvgIpc) is 2.74. The zero-order valence-corrected chi connectivity index (χ0v) is 10.1. The van der Waals surface area contributed by atoms with E-state index in [0.29, 0.717) is 6.42 Å². The fourth-order valence-corrected chi connectivity index (χ4v) is 2.35. The molecule has 0 saturated heterocycles. The molecule has 1 aromatic heterocycles. The number of fused-ring (bicyclic) bond motifs is 1. The second-order valence-corrected chi connectivity index (χ2v) is 5.11. The van der Waals surface area contributed by atoms with Crippen molar-refractivity contribution in [2.24, 2.45) is 5.73 Å². The van der Waals surface area contributed by atoms with Crippen LogP contribution in [0.5, 0.6) is 0 Å². The summed E-state index contributed by atoms with van der Waals surface area (Å²) < 4.78 is 0. The summed E-state index contributed by atoms with van der Waals surface area (Å²) in [6, 6.07) is 5.68. The molecule has 18 heavy (non-hydrogen) atoms. The van der Waals surface area contributed by atoms with Crippen molar-refractivity contribution in [3.05, 3.63) is 24.4 Å². The van der Waals surface area contributed by atoms with E-state index in [1.165, 1.54) is 0 Å². The van der Waals surface area contributed by atoms with Crippen LogP contribution in [0.1, 0.15) is 25.7 Å². The molecular formula is C13H16N4O. The average molecular weight is 244 g/mol. The lowest BCUT2D eigenvalue weighted by Crippen LogP contribution is -2.48. The Morgan fingerprint density at radius 3 is 3.06 bits per heavy atom. The third-order valence-electron chi connectivity index (χ3n) is 3.59. The van der Waals surface area contributed by atoms with Crippen molar-refractivity contribution in [3.63, 3.8) is 0 Å². The van der Waals surface area contributed by atoms with E-state index in [-0.39, 0.29) is 11.4 Å². The van der Waals surface area contributed by atoms with Gasteiger partial charge in [0.1, 0.15) is 0 Å². The number of H-pyrrole nitrogens is 1. The van der Waals surface area contributed by atoms with Crippen LogP contribution in [0.2, 0.25) is 0 Å². The van der Waals surface area contributed by atoms with Crippen LogP contribution in [0, 0.1) is 0 Å². The molecule has 4 N–H and O–H groups in total. The van der Waals surface area contributed by atoms with Crippen molar-refractivity contribution in [2.45, 2.75) is 31.2 Å². The molecule has 5 heteroatoms. The smallest absolute Gasteiger partial charge is 0.226 e. The number of rotatable bonds is 3. The fourth-order valence-electron chi connectivity index (χ4n) is 2.35. The molecule has 1 fully saturated rings. The lowest BCUT2D eigenvalue weighted by Gasteiger charge is -2.37. The minimum Gasteiger partial charge on any atom is -0.326 e. The summed E-state index contributed by atoms with van der Waals surface area (Å²) in [5.41, 5.74) is 7.47. The number of aromatic amines is 1. The number of nitrogens with one attached hydrogen (secondary N) is 2. The maximum Gasteiger partial charge on any atom is 0.226 e. The summed E-state index contributed by atoms with van der Waals surface area (Å²) >= 11 is 0. The van der Waals surface area contributed by atoms with Crippen LogP contribution in [0.15, 0.2) is 24.4 Å². The van der Waals surface area contributed by atoms with Gasteiger partial charge in [-0.25, -0.2) is 0 Å². The molecule has 0 radical (unpaired) electrons. The molecule has 0 unspecified atom stereocenters. The molecule has 0 bridgehead atoms. The summed E-state index contributed by atoms with van der Waals surface area (Å²) in [4.78, 5) is 11.9. The Labute approximate surface area is 105 Å². The third-order valence-corrected chi connectivity index (χ3v) is 3.59. The van der Waals surface area contributed by atoms with E-state index in [9.17, 15) is 4.79 Å². The van der Waals surface area contributed by atoms with Gasteiger partial charge in [0.25, 0.3) is 0 Å². The quantitative estimate of drug-likeness (QED) is 0.769. The fraction of sp³-hybridized carbons (Fsp3) is 0.385. The van der Waals surface area contributed by atoms with Gasteiger partial charge in [0.2, 0.25) is 5.91 Å². The van der Waals surface area contributed by atoms with Crippen LogP contribution in [-0.2, 0) is 4.79 Å². The Hall–Kier alpha value is -1.88. The van der Waals surface area contributed by atoms with Crippen LogP contribution in [0.4, 0.5) is 5.69 Å². The first-order valence-electron chi connectivity index (χ1n) is 6.17. The highest BCUT2D eigenvalue weighted by Crippen LogP contribution is 2.32. The summed E-state index contributed by atoms with van der Waals surface area (Å²) in [5.74, 6) is -0.0175. The van der Waals surface area contributed by atoms with Gasteiger partial charge < -0.3 is 11.1 Å². The molecule has 2 aromatic rings. The van der Waals surface area contributed by atoms with E-state index in [2.05, 4.69) is 15.5 Å². The van der Waals surface area contributed by atoms with E-state index in [4.69, 9.17) is 5.73 Å². The molecular weight excluding hydrogens is 228 g/mol. The van der Waals surface area contributed by atoms with Crippen LogP contribution in [0.3, 0.4) is 0 Å². The SMILES string of the molecule is NC1(CC(=O)Nc2ccc3cn[nH]c3c2)CCC1. The first kappa shape index (κ1) is 11.2. The number of carbonyl (C=O) groups is 1. The summed E-state index contributed by atoms with van der Waals surface area (Å²) in [5, 5.41) is 10.7. The second kappa shape index (κ2) is 4.10. The highest BCUT2D eigenvalue weighted by molar-refractivity contribution is 5.94. The van der Waals surface area contributed by atoms with Gasteiger partial charge >= 0.3 is 0 Å². The first-order chi connectivity index (χ1) is 8.65. The number of aromatic nitrogens is 2. The molecule has 94 valence electrons. The lowest BCUT2D eigenvalue weighted by atomic mass is 9.75. The van der Waals surface area contributed by atoms with Crippen molar-refractivity contribution in [1.82, 2.24) is 10.2 Å². The van der Waals surface area contributed by atoms with Gasteiger partial charge in [-0.1, -0.05) is 0 Å². The summed E-state index contributed by atoms with van der Waals surface area (Å²) in [6.07, 6.45) is 5.17. The molecule has 0 aliphatic heterocycles. The number of benzene rings is 1. The Kier molecular flexibility index (Phi) is 2.56.